The van der Waals surface area contributed by atoms with E-state index in [0.717, 1.165) is 45.1 Å². The maximum absolute atomic E-state index is 12.4. The first-order valence-corrected chi connectivity index (χ1v) is 13.4. The topological polar surface area (TPSA) is 105 Å². The van der Waals surface area contributed by atoms with E-state index in [0.29, 0.717) is 18.2 Å². The predicted octanol–water partition coefficient (Wildman–Crippen LogP) is 4.58. The van der Waals surface area contributed by atoms with Crippen molar-refractivity contribution in [2.45, 2.75) is 24.8 Å². The number of carbonyl (C=O) groups excluding carboxylic acids is 1. The van der Waals surface area contributed by atoms with Crippen LogP contribution < -0.4 is 16.0 Å². The van der Waals surface area contributed by atoms with Crippen molar-refractivity contribution < 1.29 is 4.79 Å². The molecule has 9 heteroatoms. The van der Waals surface area contributed by atoms with Gasteiger partial charge in [0.05, 0.1) is 16.8 Å². The molecule has 1 atom stereocenters. The lowest BCUT2D eigenvalue weighted by atomic mass is 9.95. The van der Waals surface area contributed by atoms with Crippen LogP contribution in [0, 0.1) is 0 Å². The summed E-state index contributed by atoms with van der Waals surface area (Å²) in [4.78, 5) is 30.4. The van der Waals surface area contributed by atoms with Gasteiger partial charge in [0.25, 0.3) is 5.91 Å². The maximum Gasteiger partial charge on any atom is 0.251 e. The van der Waals surface area contributed by atoms with Crippen molar-refractivity contribution in [2.24, 2.45) is 0 Å². The summed E-state index contributed by atoms with van der Waals surface area (Å²) in [5.41, 5.74) is 4.36. The SMILES string of the molecule is CNC(=O)c1ccnc2c(C(CNc3cc(-c4ccc(NC5CC5)nc4)ncn3)CSC)cccc12. The van der Waals surface area contributed by atoms with E-state index in [-0.39, 0.29) is 11.8 Å². The molecule has 36 heavy (non-hydrogen) atoms. The minimum atomic E-state index is -0.113. The fourth-order valence-electron chi connectivity index (χ4n) is 4.23. The summed E-state index contributed by atoms with van der Waals surface area (Å²) in [6.45, 7) is 0.671. The van der Waals surface area contributed by atoms with E-state index in [1.165, 1.54) is 12.8 Å². The van der Waals surface area contributed by atoms with Crippen molar-refractivity contribution in [2.75, 3.05) is 36.2 Å². The van der Waals surface area contributed by atoms with Gasteiger partial charge >= 0.3 is 0 Å². The molecule has 8 nitrogen and oxygen atoms in total. The number of nitrogens with zero attached hydrogens (tertiary/aromatic N) is 4. The predicted molar refractivity (Wildman–Crippen MR) is 147 cm³/mol. The van der Waals surface area contributed by atoms with E-state index in [9.17, 15) is 4.79 Å². The number of fused-ring (bicyclic) bond motifs is 1. The number of rotatable bonds is 10. The molecule has 1 aromatic carbocycles. The van der Waals surface area contributed by atoms with Crippen LogP contribution in [0.4, 0.5) is 11.6 Å². The number of thioether (sulfide) groups is 1. The maximum atomic E-state index is 12.4. The number of hydrogen-bond acceptors (Lipinski definition) is 8. The Morgan fingerprint density at radius 1 is 1.08 bits per heavy atom. The standard InChI is InChI=1S/C27H29N7OS/c1-28-27(35)22-10-11-29-26-20(4-3-5-21(22)26)18(15-36-2)14-31-25-12-23(32-16-33-25)17-6-9-24(30-13-17)34-19-7-8-19/h3-6,9-13,16,18-19H,7-8,14-15H2,1-2H3,(H,28,35)(H,30,34)(H,31,32,33). The summed E-state index contributed by atoms with van der Waals surface area (Å²) < 4.78 is 0. The quantitative estimate of drug-likeness (QED) is 0.291. The summed E-state index contributed by atoms with van der Waals surface area (Å²) in [7, 11) is 1.64. The third kappa shape index (κ3) is 5.41. The summed E-state index contributed by atoms with van der Waals surface area (Å²) in [6, 6.07) is 14.4. The van der Waals surface area contributed by atoms with Gasteiger partial charge in [0.2, 0.25) is 0 Å². The zero-order valence-electron chi connectivity index (χ0n) is 20.4. The second-order valence-corrected chi connectivity index (χ2v) is 9.76. The van der Waals surface area contributed by atoms with E-state index in [1.807, 2.05) is 36.5 Å². The first-order chi connectivity index (χ1) is 17.7. The highest BCUT2D eigenvalue weighted by molar-refractivity contribution is 7.98. The number of carbonyl (C=O) groups is 1. The average molecular weight is 500 g/mol. The van der Waals surface area contributed by atoms with Crippen molar-refractivity contribution in [1.82, 2.24) is 25.3 Å². The van der Waals surface area contributed by atoms with Gasteiger partial charge in [-0.1, -0.05) is 18.2 Å². The zero-order valence-corrected chi connectivity index (χ0v) is 21.2. The fraction of sp³-hybridized carbons (Fsp3) is 0.296. The molecule has 4 aromatic rings. The number of pyridine rings is 2. The molecule has 0 spiro atoms. The lowest BCUT2D eigenvalue weighted by molar-refractivity contribution is 0.0964. The fourth-order valence-corrected chi connectivity index (χ4v) is 4.93. The van der Waals surface area contributed by atoms with E-state index in [2.05, 4.69) is 48.2 Å². The molecule has 1 fully saturated rings. The van der Waals surface area contributed by atoms with Gasteiger partial charge in [-0.2, -0.15) is 11.8 Å². The van der Waals surface area contributed by atoms with E-state index < -0.39 is 0 Å². The van der Waals surface area contributed by atoms with Crippen LogP contribution in [0.3, 0.4) is 0 Å². The van der Waals surface area contributed by atoms with Crippen LogP contribution in [0.25, 0.3) is 22.2 Å². The molecule has 1 saturated carbocycles. The van der Waals surface area contributed by atoms with Crippen LogP contribution in [0.5, 0.6) is 0 Å². The molecule has 5 rings (SSSR count). The number of nitrogens with one attached hydrogen (secondary N) is 3. The Labute approximate surface area is 214 Å². The second-order valence-electron chi connectivity index (χ2n) is 8.85. The van der Waals surface area contributed by atoms with E-state index >= 15 is 0 Å². The number of aromatic nitrogens is 4. The van der Waals surface area contributed by atoms with E-state index in [4.69, 9.17) is 0 Å². The van der Waals surface area contributed by atoms with Crippen molar-refractivity contribution in [3.05, 3.63) is 72.3 Å². The highest BCUT2D eigenvalue weighted by atomic mass is 32.2. The zero-order chi connectivity index (χ0) is 24.9. The van der Waals surface area contributed by atoms with Gasteiger partial charge in [0, 0.05) is 60.7 Å². The summed E-state index contributed by atoms with van der Waals surface area (Å²) >= 11 is 1.78. The van der Waals surface area contributed by atoms with Crippen LogP contribution in [-0.2, 0) is 0 Å². The Bertz CT molecular complexity index is 1360. The third-order valence-corrected chi connectivity index (χ3v) is 7.00. The lowest BCUT2D eigenvalue weighted by Crippen LogP contribution is -2.19. The molecule has 1 aliphatic rings. The largest absolute Gasteiger partial charge is 0.369 e. The van der Waals surface area contributed by atoms with Gasteiger partial charge in [-0.15, -0.1) is 0 Å². The number of anilines is 2. The summed E-state index contributed by atoms with van der Waals surface area (Å²) in [5.74, 6) is 2.61. The van der Waals surface area contributed by atoms with Crippen molar-refractivity contribution >= 4 is 40.2 Å². The lowest BCUT2D eigenvalue weighted by Gasteiger charge is -2.19. The summed E-state index contributed by atoms with van der Waals surface area (Å²) in [6.07, 6.45) is 9.65. The first kappa shape index (κ1) is 24.0. The molecule has 184 valence electrons. The van der Waals surface area contributed by atoms with Gasteiger partial charge in [-0.25, -0.2) is 15.0 Å². The monoisotopic (exact) mass is 499 g/mol. The van der Waals surface area contributed by atoms with Crippen molar-refractivity contribution in [3.63, 3.8) is 0 Å². The molecule has 0 aliphatic heterocycles. The molecule has 0 radical (unpaired) electrons. The Balaban J connectivity index is 1.35. The first-order valence-electron chi connectivity index (χ1n) is 12.0. The Morgan fingerprint density at radius 2 is 1.97 bits per heavy atom. The molecular formula is C27H29N7OS. The number of amides is 1. The molecule has 3 N–H and O–H groups in total. The van der Waals surface area contributed by atoms with Crippen molar-refractivity contribution in [1.29, 1.82) is 0 Å². The van der Waals surface area contributed by atoms with Crippen LogP contribution in [-0.4, -0.2) is 57.5 Å². The average Bonchev–Trinajstić information content (AvgIpc) is 3.74. The van der Waals surface area contributed by atoms with Gasteiger partial charge in [0.1, 0.15) is 18.0 Å². The van der Waals surface area contributed by atoms with Crippen LogP contribution >= 0.6 is 11.8 Å². The van der Waals surface area contributed by atoms with Gasteiger partial charge < -0.3 is 16.0 Å². The number of hydrogen-bond donors (Lipinski definition) is 3. The third-order valence-electron chi connectivity index (χ3n) is 6.27. The molecular weight excluding hydrogens is 470 g/mol. The Hall–Kier alpha value is -3.72. The highest BCUT2D eigenvalue weighted by Crippen LogP contribution is 2.29. The molecule has 1 aliphatic carbocycles. The van der Waals surface area contributed by atoms with Crippen LogP contribution in [0.15, 0.2) is 61.2 Å². The highest BCUT2D eigenvalue weighted by Gasteiger charge is 2.21. The molecule has 0 saturated heterocycles. The second kappa shape index (κ2) is 10.9. The smallest absolute Gasteiger partial charge is 0.251 e. The van der Waals surface area contributed by atoms with Crippen molar-refractivity contribution in [3.8, 4) is 11.3 Å². The normalized spacial score (nSPS) is 13.8. The minimum Gasteiger partial charge on any atom is -0.369 e. The van der Waals surface area contributed by atoms with Gasteiger partial charge in [0.15, 0.2) is 0 Å². The molecule has 0 bridgehead atoms. The van der Waals surface area contributed by atoms with E-state index in [1.54, 1.807) is 37.4 Å². The molecule has 3 aromatic heterocycles. The van der Waals surface area contributed by atoms with Crippen LogP contribution in [0.2, 0.25) is 0 Å². The molecule has 1 amide bonds. The number of para-hydroxylation sites is 1. The molecule has 3 heterocycles. The van der Waals surface area contributed by atoms with Crippen LogP contribution in [0.1, 0.15) is 34.7 Å². The minimum absolute atomic E-state index is 0.113. The Morgan fingerprint density at radius 3 is 2.72 bits per heavy atom. The summed E-state index contributed by atoms with van der Waals surface area (Å²) in [5, 5.41) is 10.5. The number of benzene rings is 1. The Kier molecular flexibility index (Phi) is 7.27. The van der Waals surface area contributed by atoms with Gasteiger partial charge in [-0.05, 0) is 42.9 Å². The molecule has 1 unspecified atom stereocenters. The van der Waals surface area contributed by atoms with Gasteiger partial charge in [-0.3, -0.25) is 9.78 Å².